The third kappa shape index (κ3) is 1.69. The van der Waals surface area contributed by atoms with Crippen molar-refractivity contribution in [3.8, 4) is 0 Å². The van der Waals surface area contributed by atoms with E-state index in [9.17, 15) is 9.18 Å². The molecule has 0 aliphatic rings. The van der Waals surface area contributed by atoms with Gasteiger partial charge in [-0.3, -0.25) is 4.79 Å². The number of carbonyl (C=O) groups is 1. The molecule has 0 saturated carbocycles. The van der Waals surface area contributed by atoms with E-state index in [0.29, 0.717) is 6.29 Å². The topological polar surface area (TPSA) is 57.5 Å². The molecule has 0 fully saturated rings. The minimum Gasteiger partial charge on any atom is -0.423 e. The highest BCUT2D eigenvalue weighted by molar-refractivity contribution is 6.58. The number of benzene rings is 1. The largest absolute Gasteiger partial charge is 0.488 e. The maximum Gasteiger partial charge on any atom is 0.488 e. The standard InChI is InChI=1S/C7H6BFO3/c9-7-3-6(8(11)12)2-1-5(7)4-10/h1-4,11-12H/i9-1. The zero-order chi connectivity index (χ0) is 9.14. The second-order valence-electron chi connectivity index (χ2n) is 2.27. The Morgan fingerprint density at radius 2 is 2.08 bits per heavy atom. The predicted octanol–water partition coefficient (Wildman–Crippen LogP) is -0.682. The molecule has 3 nitrogen and oxygen atoms in total. The summed E-state index contributed by atoms with van der Waals surface area (Å²) >= 11 is 0. The first-order valence-corrected chi connectivity index (χ1v) is 3.26. The minimum atomic E-state index is -1.71. The SMILES string of the molecule is O=Cc1ccc(B(O)O)cc1[18F]. The van der Waals surface area contributed by atoms with Crippen LogP contribution in [-0.2, 0) is 0 Å². The van der Waals surface area contributed by atoms with E-state index in [1.807, 2.05) is 0 Å². The molecule has 0 aromatic heterocycles. The summed E-state index contributed by atoms with van der Waals surface area (Å²) in [5.74, 6) is -0.754. The summed E-state index contributed by atoms with van der Waals surface area (Å²) in [6, 6.07) is 3.38. The second-order valence-corrected chi connectivity index (χ2v) is 2.27. The maximum absolute atomic E-state index is 12.8. The number of carbonyl (C=O) groups excluding carboxylic acids is 1. The van der Waals surface area contributed by atoms with Crippen LogP contribution in [0.25, 0.3) is 0 Å². The summed E-state index contributed by atoms with van der Waals surface area (Å²) in [4.78, 5) is 10.1. The summed E-state index contributed by atoms with van der Waals surface area (Å²) in [6.07, 6.45) is 0.364. The van der Waals surface area contributed by atoms with E-state index < -0.39 is 12.9 Å². The third-order valence-corrected chi connectivity index (χ3v) is 1.45. The van der Waals surface area contributed by atoms with Gasteiger partial charge in [-0.25, -0.2) is 4.39 Å². The summed E-state index contributed by atoms with van der Waals surface area (Å²) in [6.45, 7) is 0. The molecule has 0 saturated heterocycles. The molecule has 2 N–H and O–H groups in total. The first-order valence-electron chi connectivity index (χ1n) is 3.26. The van der Waals surface area contributed by atoms with E-state index >= 15 is 0 Å². The molecule has 0 aliphatic heterocycles. The van der Waals surface area contributed by atoms with E-state index in [4.69, 9.17) is 10.0 Å². The van der Waals surface area contributed by atoms with Crippen LogP contribution in [0.1, 0.15) is 10.4 Å². The van der Waals surface area contributed by atoms with Gasteiger partial charge in [-0.15, -0.1) is 0 Å². The van der Waals surface area contributed by atoms with Crippen molar-refractivity contribution in [2.75, 3.05) is 0 Å². The van der Waals surface area contributed by atoms with Crippen molar-refractivity contribution in [2.45, 2.75) is 0 Å². The van der Waals surface area contributed by atoms with Crippen molar-refractivity contribution >= 4 is 18.9 Å². The van der Waals surface area contributed by atoms with Crippen LogP contribution in [0.4, 0.5) is 4.39 Å². The van der Waals surface area contributed by atoms with Gasteiger partial charge in [-0.1, -0.05) is 6.07 Å². The molecule has 0 aliphatic carbocycles. The fourth-order valence-corrected chi connectivity index (χ4v) is 0.800. The van der Waals surface area contributed by atoms with Crippen LogP contribution >= 0.6 is 0 Å². The van der Waals surface area contributed by atoms with Crippen LogP contribution in [-0.4, -0.2) is 23.5 Å². The number of rotatable bonds is 2. The molecule has 5 heteroatoms. The van der Waals surface area contributed by atoms with Crippen molar-refractivity contribution in [3.05, 3.63) is 29.6 Å². The first kappa shape index (κ1) is 8.90. The Hall–Kier alpha value is -1.20. The van der Waals surface area contributed by atoms with Gasteiger partial charge in [0.15, 0.2) is 6.29 Å². The normalized spacial score (nSPS) is 9.58. The van der Waals surface area contributed by atoms with Crippen LogP contribution in [0.3, 0.4) is 0 Å². The van der Waals surface area contributed by atoms with Gasteiger partial charge in [0.05, 0.1) is 0 Å². The molecule has 12 heavy (non-hydrogen) atoms. The Morgan fingerprint density at radius 3 is 2.50 bits per heavy atom. The molecular weight excluding hydrogens is 161 g/mol. The van der Waals surface area contributed by atoms with Crippen LogP contribution < -0.4 is 5.46 Å². The highest BCUT2D eigenvalue weighted by Gasteiger charge is 2.12. The quantitative estimate of drug-likeness (QED) is 0.453. The highest BCUT2D eigenvalue weighted by atomic mass is 18.2. The van der Waals surface area contributed by atoms with Gasteiger partial charge in [0.25, 0.3) is 0 Å². The number of aldehydes is 1. The lowest BCUT2D eigenvalue weighted by Crippen LogP contribution is -2.30. The van der Waals surface area contributed by atoms with Crippen LogP contribution in [0.5, 0.6) is 0 Å². The molecule has 0 spiro atoms. The van der Waals surface area contributed by atoms with Crippen molar-refractivity contribution in [1.29, 1.82) is 0 Å². The van der Waals surface area contributed by atoms with Crippen LogP contribution in [0, 0.1) is 5.82 Å². The Kier molecular flexibility index (Phi) is 2.57. The average Bonchev–Trinajstić information content (AvgIpc) is 2.04. The Labute approximate surface area is 68.6 Å². The molecule has 0 radical (unpaired) electrons. The van der Waals surface area contributed by atoms with Gasteiger partial charge in [0.2, 0.25) is 0 Å². The summed E-state index contributed by atoms with van der Waals surface area (Å²) < 4.78 is 12.8. The number of hydrogen-bond acceptors (Lipinski definition) is 3. The van der Waals surface area contributed by atoms with Gasteiger partial charge in [-0.2, -0.15) is 0 Å². The van der Waals surface area contributed by atoms with E-state index in [1.54, 1.807) is 0 Å². The Balaban J connectivity index is 3.10. The van der Waals surface area contributed by atoms with E-state index in [-0.39, 0.29) is 11.0 Å². The van der Waals surface area contributed by atoms with Crippen LogP contribution in [0.15, 0.2) is 18.2 Å². The zero-order valence-electron chi connectivity index (χ0n) is 6.07. The molecule has 1 rings (SSSR count). The lowest BCUT2D eigenvalue weighted by Gasteiger charge is -1.99. The smallest absolute Gasteiger partial charge is 0.423 e. The highest BCUT2D eigenvalue weighted by Crippen LogP contribution is 2.01. The molecule has 0 amide bonds. The molecule has 0 heterocycles. The Morgan fingerprint density at radius 1 is 1.42 bits per heavy atom. The Bertz CT molecular complexity index is 301. The first-order chi connectivity index (χ1) is 5.65. The molecule has 0 unspecified atom stereocenters. The molecule has 0 atom stereocenters. The number of hydrogen-bond donors (Lipinski definition) is 2. The molecule has 62 valence electrons. The second kappa shape index (κ2) is 3.47. The van der Waals surface area contributed by atoms with Gasteiger partial charge in [0, 0.05) is 5.56 Å². The molecule has 0 bridgehead atoms. The lowest BCUT2D eigenvalue weighted by atomic mass is 9.80. The average molecular weight is 167 g/mol. The molecular formula is C7H6BFO3. The monoisotopic (exact) mass is 167 g/mol. The fourth-order valence-electron chi connectivity index (χ4n) is 0.800. The molecule has 1 aromatic rings. The number of halogens is 1. The van der Waals surface area contributed by atoms with Gasteiger partial charge in [0.1, 0.15) is 5.82 Å². The summed E-state index contributed by atoms with van der Waals surface area (Å²) in [5.41, 5.74) is -0.0718. The van der Waals surface area contributed by atoms with E-state index in [0.717, 1.165) is 6.07 Å². The predicted molar refractivity (Wildman–Crippen MR) is 41.6 cm³/mol. The van der Waals surface area contributed by atoms with Crippen molar-refractivity contribution < 1.29 is 19.2 Å². The summed E-state index contributed by atoms with van der Waals surface area (Å²) in [5, 5.41) is 17.2. The van der Waals surface area contributed by atoms with Crippen molar-refractivity contribution in [3.63, 3.8) is 0 Å². The summed E-state index contributed by atoms with van der Waals surface area (Å²) in [7, 11) is -1.71. The maximum atomic E-state index is 12.8. The fraction of sp³-hybridized carbons (Fsp3) is 0. The van der Waals surface area contributed by atoms with Gasteiger partial charge < -0.3 is 10.0 Å². The minimum absolute atomic E-state index is 0.0260. The van der Waals surface area contributed by atoms with Gasteiger partial charge in [-0.05, 0) is 17.6 Å². The van der Waals surface area contributed by atoms with Gasteiger partial charge >= 0.3 is 7.12 Å². The van der Waals surface area contributed by atoms with Crippen molar-refractivity contribution in [1.82, 2.24) is 0 Å². The van der Waals surface area contributed by atoms with Crippen LogP contribution in [0.2, 0.25) is 0 Å². The zero-order valence-corrected chi connectivity index (χ0v) is 6.07. The van der Waals surface area contributed by atoms with E-state index in [1.165, 1.54) is 12.1 Å². The third-order valence-electron chi connectivity index (χ3n) is 1.45. The molecule has 1 aromatic carbocycles. The van der Waals surface area contributed by atoms with Crippen molar-refractivity contribution in [2.24, 2.45) is 0 Å². The van der Waals surface area contributed by atoms with E-state index in [2.05, 4.69) is 0 Å². The lowest BCUT2D eigenvalue weighted by molar-refractivity contribution is 0.112.